The molecule has 2 N–H and O–H groups in total. The van der Waals surface area contributed by atoms with Crippen molar-refractivity contribution >= 4 is 38.7 Å². The molecule has 0 saturated carbocycles. The number of rotatable bonds is 2. The fourth-order valence-electron chi connectivity index (χ4n) is 4.84. The highest BCUT2D eigenvalue weighted by Gasteiger charge is 2.26. The monoisotopic (exact) mass is 455 g/mol. The van der Waals surface area contributed by atoms with Crippen LogP contribution in [-0.4, -0.2) is 53.6 Å². The van der Waals surface area contributed by atoms with Crippen molar-refractivity contribution in [2.24, 2.45) is 0 Å². The van der Waals surface area contributed by atoms with E-state index in [-0.39, 0.29) is 11.9 Å². The number of fused-ring (bicyclic) bond motifs is 4. The maximum absolute atomic E-state index is 13.1. The van der Waals surface area contributed by atoms with Gasteiger partial charge in [0.15, 0.2) is 0 Å². The van der Waals surface area contributed by atoms with Gasteiger partial charge in [0.25, 0.3) is 5.56 Å². The molecule has 0 atom stereocenters. The number of benzene rings is 1. The van der Waals surface area contributed by atoms with Crippen molar-refractivity contribution in [2.75, 3.05) is 13.1 Å². The molecule has 1 aromatic carbocycles. The summed E-state index contributed by atoms with van der Waals surface area (Å²) in [6, 6.07) is 9.44. The summed E-state index contributed by atoms with van der Waals surface area (Å²) in [4.78, 5) is 51.0. The number of nitrogens with one attached hydrogen (secondary N) is 2. The van der Waals surface area contributed by atoms with Gasteiger partial charge < -0.3 is 4.90 Å². The van der Waals surface area contributed by atoms with Gasteiger partial charge in [-0.3, -0.25) is 29.2 Å². The molecular weight excluding hydrogens is 434 g/mol. The van der Waals surface area contributed by atoms with Crippen LogP contribution < -0.4 is 11.2 Å². The maximum atomic E-state index is 13.1. The van der Waals surface area contributed by atoms with Gasteiger partial charge in [-0.1, -0.05) is 6.07 Å². The Balaban J connectivity index is 1.57. The van der Waals surface area contributed by atoms with Crippen molar-refractivity contribution in [2.45, 2.75) is 25.8 Å². The van der Waals surface area contributed by atoms with Crippen LogP contribution in [0.15, 0.2) is 52.3 Å². The first-order valence-electron chi connectivity index (χ1n) is 11.1. The maximum Gasteiger partial charge on any atom is 0.329 e. The van der Waals surface area contributed by atoms with E-state index in [2.05, 4.69) is 20.2 Å². The Morgan fingerprint density at radius 1 is 1.09 bits per heavy atom. The summed E-state index contributed by atoms with van der Waals surface area (Å²) in [7, 11) is 0. The van der Waals surface area contributed by atoms with Gasteiger partial charge in [0.2, 0.25) is 5.91 Å². The lowest BCUT2D eigenvalue weighted by Gasteiger charge is -2.32. The average Bonchev–Trinajstić information content (AvgIpc) is 3.32. The van der Waals surface area contributed by atoms with Crippen molar-refractivity contribution in [1.29, 1.82) is 0 Å². The lowest BCUT2D eigenvalue weighted by atomic mass is 10.0. The highest BCUT2D eigenvalue weighted by molar-refractivity contribution is 6.01. The number of aromatic nitrogens is 6. The molecule has 0 spiro atoms. The molecule has 10 heteroatoms. The number of pyridine rings is 2. The zero-order chi connectivity index (χ0) is 23.4. The Labute approximate surface area is 192 Å². The first-order chi connectivity index (χ1) is 16.5. The summed E-state index contributed by atoms with van der Waals surface area (Å²) >= 11 is 0. The molecular formula is C24H21N7O3. The zero-order valence-electron chi connectivity index (χ0n) is 18.4. The average molecular weight is 455 g/mol. The number of hydrogen-bond donors (Lipinski definition) is 2. The molecule has 170 valence electrons. The molecule has 0 aliphatic carbocycles. The highest BCUT2D eigenvalue weighted by atomic mass is 16.2. The zero-order valence-corrected chi connectivity index (χ0v) is 18.4. The second-order valence-electron chi connectivity index (χ2n) is 8.62. The Hall–Kier alpha value is -4.34. The number of H-pyrrole nitrogens is 2. The predicted molar refractivity (Wildman–Crippen MR) is 128 cm³/mol. The summed E-state index contributed by atoms with van der Waals surface area (Å²) in [6.07, 6.45) is 4.47. The minimum absolute atomic E-state index is 0.0210. The minimum atomic E-state index is -0.487. The molecule has 1 aliphatic rings. The van der Waals surface area contributed by atoms with Crippen molar-refractivity contribution < 1.29 is 4.79 Å². The molecule has 1 amide bonds. The minimum Gasteiger partial charge on any atom is -0.343 e. The molecule has 5 aromatic rings. The quantitative estimate of drug-likeness (QED) is 0.393. The van der Waals surface area contributed by atoms with Crippen LogP contribution in [0.5, 0.6) is 0 Å². The standard InChI is InChI=1S/C24H21N7O3/c1-13(32)30-8-6-16(7-9-30)31-22-17(23(33)28-24(31)34)12-25-20-5-4-18(27-21(20)22)14-2-3-19-15(10-14)11-26-29-19/h2-5,10-12,16H,6-9H2,1H3,(H,26,29)(H,28,33,34). The van der Waals surface area contributed by atoms with Crippen molar-refractivity contribution in [3.05, 3.63) is 63.6 Å². The number of amides is 1. The number of nitrogens with zero attached hydrogens (tertiary/aromatic N) is 5. The number of carbonyl (C=O) groups is 1. The molecule has 10 nitrogen and oxygen atoms in total. The van der Waals surface area contributed by atoms with Gasteiger partial charge in [-0.25, -0.2) is 9.78 Å². The molecule has 5 heterocycles. The summed E-state index contributed by atoms with van der Waals surface area (Å²) in [6.45, 7) is 2.66. The number of carbonyl (C=O) groups excluding carboxylic acids is 1. The predicted octanol–water partition coefficient (Wildman–Crippen LogP) is 2.36. The van der Waals surface area contributed by atoms with E-state index in [0.29, 0.717) is 53.6 Å². The van der Waals surface area contributed by atoms with Crippen molar-refractivity contribution in [1.82, 2.24) is 34.6 Å². The largest absolute Gasteiger partial charge is 0.343 e. The fourth-order valence-corrected chi connectivity index (χ4v) is 4.84. The Bertz CT molecular complexity index is 1710. The topological polar surface area (TPSA) is 130 Å². The summed E-state index contributed by atoms with van der Waals surface area (Å²) in [5, 5.41) is 8.28. The third kappa shape index (κ3) is 3.18. The first-order valence-corrected chi connectivity index (χ1v) is 11.1. The lowest BCUT2D eigenvalue weighted by Crippen LogP contribution is -2.41. The van der Waals surface area contributed by atoms with Crippen LogP contribution in [0.1, 0.15) is 25.8 Å². The highest BCUT2D eigenvalue weighted by Crippen LogP contribution is 2.29. The van der Waals surface area contributed by atoms with E-state index in [1.54, 1.807) is 22.6 Å². The second-order valence-corrected chi connectivity index (χ2v) is 8.62. The third-order valence-electron chi connectivity index (χ3n) is 6.62. The molecule has 1 saturated heterocycles. The molecule has 1 fully saturated rings. The van der Waals surface area contributed by atoms with E-state index >= 15 is 0 Å². The Morgan fingerprint density at radius 2 is 1.91 bits per heavy atom. The lowest BCUT2D eigenvalue weighted by molar-refractivity contribution is -0.130. The van der Waals surface area contributed by atoms with Gasteiger partial charge >= 0.3 is 5.69 Å². The van der Waals surface area contributed by atoms with Crippen molar-refractivity contribution in [3.8, 4) is 11.3 Å². The van der Waals surface area contributed by atoms with E-state index in [9.17, 15) is 14.4 Å². The Morgan fingerprint density at radius 3 is 2.71 bits per heavy atom. The van der Waals surface area contributed by atoms with Crippen LogP contribution >= 0.6 is 0 Å². The van der Waals surface area contributed by atoms with Crippen LogP contribution in [0, 0.1) is 0 Å². The Kier molecular flexibility index (Phi) is 4.54. The normalized spacial score (nSPS) is 14.9. The molecule has 0 bridgehead atoms. The first kappa shape index (κ1) is 20.3. The molecule has 0 unspecified atom stereocenters. The second kappa shape index (κ2) is 7.62. The fraction of sp³-hybridized carbons (Fsp3) is 0.250. The van der Waals surface area contributed by atoms with Gasteiger partial charge in [-0.05, 0) is 37.1 Å². The van der Waals surface area contributed by atoms with Gasteiger partial charge in [0, 0.05) is 43.2 Å². The summed E-state index contributed by atoms with van der Waals surface area (Å²) < 4.78 is 1.63. The smallest absolute Gasteiger partial charge is 0.329 e. The van der Waals surface area contributed by atoms with Crippen LogP contribution in [0.3, 0.4) is 0 Å². The van der Waals surface area contributed by atoms with Crippen LogP contribution in [0.25, 0.3) is 44.1 Å². The van der Waals surface area contributed by atoms with Crippen LogP contribution in [0.2, 0.25) is 0 Å². The van der Waals surface area contributed by atoms with Crippen LogP contribution in [0.4, 0.5) is 0 Å². The van der Waals surface area contributed by atoms with E-state index < -0.39 is 11.2 Å². The number of piperidine rings is 1. The van der Waals surface area contributed by atoms with E-state index in [1.165, 1.54) is 6.20 Å². The molecule has 0 radical (unpaired) electrons. The van der Waals surface area contributed by atoms with E-state index in [1.807, 2.05) is 30.3 Å². The van der Waals surface area contributed by atoms with Crippen LogP contribution in [-0.2, 0) is 4.79 Å². The third-order valence-corrected chi connectivity index (χ3v) is 6.62. The molecule has 1 aliphatic heterocycles. The molecule has 34 heavy (non-hydrogen) atoms. The summed E-state index contributed by atoms with van der Waals surface area (Å²) in [5.41, 5.74) is 3.13. The van der Waals surface area contributed by atoms with E-state index in [0.717, 1.165) is 16.5 Å². The van der Waals surface area contributed by atoms with E-state index in [4.69, 9.17) is 4.98 Å². The van der Waals surface area contributed by atoms with Gasteiger partial charge in [0.05, 0.1) is 33.8 Å². The number of aromatic amines is 2. The number of hydrogen-bond acceptors (Lipinski definition) is 6. The van der Waals surface area contributed by atoms with Gasteiger partial charge in [-0.2, -0.15) is 5.10 Å². The molecule has 4 aromatic heterocycles. The number of likely N-dealkylation sites (tertiary alicyclic amines) is 1. The summed E-state index contributed by atoms with van der Waals surface area (Å²) in [5.74, 6) is 0.0210. The SMILES string of the molecule is CC(=O)N1CCC(n2c(=O)[nH]c(=O)c3cnc4ccc(-c5ccc6[nH]ncc6c5)nc4c32)CC1. The van der Waals surface area contributed by atoms with Gasteiger partial charge in [-0.15, -0.1) is 0 Å². The van der Waals surface area contributed by atoms with Crippen molar-refractivity contribution in [3.63, 3.8) is 0 Å². The van der Waals surface area contributed by atoms with Gasteiger partial charge in [0.1, 0.15) is 5.52 Å². The molecule has 6 rings (SSSR count).